The van der Waals surface area contributed by atoms with Gasteiger partial charge < -0.3 is 14.6 Å². The number of rotatable bonds is 7. The molecular weight excluding hydrogens is 312 g/mol. The molecule has 0 aliphatic heterocycles. The second kappa shape index (κ2) is 7.68. The zero-order valence-corrected chi connectivity index (χ0v) is 14.7. The highest BCUT2D eigenvalue weighted by atomic mass is 16.5. The summed E-state index contributed by atoms with van der Waals surface area (Å²) < 4.78 is 11.1. The van der Waals surface area contributed by atoms with E-state index in [-0.39, 0.29) is 6.61 Å². The Labute approximate surface area is 148 Å². The van der Waals surface area contributed by atoms with Gasteiger partial charge in [-0.2, -0.15) is 0 Å². The predicted octanol–water partition coefficient (Wildman–Crippen LogP) is 4.66. The molecule has 0 saturated carbocycles. The monoisotopic (exact) mass is 336 g/mol. The van der Waals surface area contributed by atoms with E-state index in [1.807, 2.05) is 43.3 Å². The maximum absolute atomic E-state index is 10.7. The minimum absolute atomic E-state index is 0.262. The van der Waals surface area contributed by atoms with Gasteiger partial charge in [0.25, 0.3) is 0 Å². The van der Waals surface area contributed by atoms with Crippen LogP contribution in [-0.2, 0) is 16.9 Å². The van der Waals surface area contributed by atoms with Gasteiger partial charge in [0, 0.05) is 7.11 Å². The van der Waals surface area contributed by atoms with Crippen molar-refractivity contribution in [2.75, 3.05) is 13.7 Å². The third-order valence-electron chi connectivity index (χ3n) is 4.56. The number of hydrogen-bond donors (Lipinski definition) is 1. The summed E-state index contributed by atoms with van der Waals surface area (Å²) in [6.45, 7) is 2.70. The van der Waals surface area contributed by atoms with E-state index in [1.165, 1.54) is 10.8 Å². The van der Waals surface area contributed by atoms with Gasteiger partial charge in [-0.1, -0.05) is 55.5 Å². The third kappa shape index (κ3) is 4.01. The van der Waals surface area contributed by atoms with Crippen LogP contribution in [0.2, 0.25) is 0 Å². The SMILES string of the molecule is CCC(O)(COC)c1cccc(OCc2ccc3ccccc3c2)c1. The maximum Gasteiger partial charge on any atom is 0.120 e. The largest absolute Gasteiger partial charge is 0.489 e. The normalized spacial score (nSPS) is 13.6. The summed E-state index contributed by atoms with van der Waals surface area (Å²) in [6, 6.07) is 22.2. The molecule has 1 atom stereocenters. The molecule has 0 fully saturated rings. The van der Waals surface area contributed by atoms with E-state index < -0.39 is 5.60 Å². The highest BCUT2D eigenvalue weighted by Crippen LogP contribution is 2.28. The Morgan fingerprint density at radius 2 is 1.72 bits per heavy atom. The second-order valence-electron chi connectivity index (χ2n) is 6.32. The number of methoxy groups -OCH3 is 1. The van der Waals surface area contributed by atoms with Gasteiger partial charge >= 0.3 is 0 Å². The van der Waals surface area contributed by atoms with Crippen LogP contribution >= 0.6 is 0 Å². The third-order valence-corrected chi connectivity index (χ3v) is 4.56. The first-order valence-electron chi connectivity index (χ1n) is 8.57. The molecule has 3 aromatic carbocycles. The van der Waals surface area contributed by atoms with Crippen LogP contribution in [0.25, 0.3) is 10.8 Å². The van der Waals surface area contributed by atoms with Crippen molar-refractivity contribution in [3.8, 4) is 5.75 Å². The van der Waals surface area contributed by atoms with Crippen molar-refractivity contribution in [2.24, 2.45) is 0 Å². The Balaban J connectivity index is 1.75. The molecule has 130 valence electrons. The number of aliphatic hydroxyl groups is 1. The van der Waals surface area contributed by atoms with Gasteiger partial charge in [0.2, 0.25) is 0 Å². The first kappa shape index (κ1) is 17.5. The fourth-order valence-corrected chi connectivity index (χ4v) is 3.00. The van der Waals surface area contributed by atoms with Crippen molar-refractivity contribution in [1.82, 2.24) is 0 Å². The van der Waals surface area contributed by atoms with Crippen LogP contribution in [0, 0.1) is 0 Å². The highest BCUT2D eigenvalue weighted by molar-refractivity contribution is 5.82. The van der Waals surface area contributed by atoms with E-state index in [2.05, 4.69) is 30.3 Å². The summed E-state index contributed by atoms with van der Waals surface area (Å²) >= 11 is 0. The number of benzene rings is 3. The summed E-state index contributed by atoms with van der Waals surface area (Å²) in [4.78, 5) is 0. The van der Waals surface area contributed by atoms with Gasteiger partial charge in [0.05, 0.1) is 6.61 Å². The van der Waals surface area contributed by atoms with E-state index in [9.17, 15) is 5.11 Å². The molecule has 1 N–H and O–H groups in total. The van der Waals surface area contributed by atoms with Crippen LogP contribution in [-0.4, -0.2) is 18.8 Å². The lowest BCUT2D eigenvalue weighted by Crippen LogP contribution is -2.30. The lowest BCUT2D eigenvalue weighted by atomic mass is 9.92. The van der Waals surface area contributed by atoms with Crippen molar-refractivity contribution < 1.29 is 14.6 Å². The summed E-state index contributed by atoms with van der Waals surface area (Å²) in [5.41, 5.74) is 0.941. The average Bonchev–Trinajstić information content (AvgIpc) is 2.66. The second-order valence-corrected chi connectivity index (χ2v) is 6.32. The van der Waals surface area contributed by atoms with Crippen LogP contribution in [0.5, 0.6) is 5.75 Å². The summed E-state index contributed by atoms with van der Waals surface area (Å²) in [6.07, 6.45) is 0.578. The van der Waals surface area contributed by atoms with Gasteiger partial charge in [0.15, 0.2) is 0 Å². The molecule has 0 aromatic heterocycles. The van der Waals surface area contributed by atoms with Gasteiger partial charge in [-0.05, 0) is 46.5 Å². The van der Waals surface area contributed by atoms with E-state index >= 15 is 0 Å². The molecule has 25 heavy (non-hydrogen) atoms. The molecular formula is C22H24O3. The zero-order chi connectivity index (χ0) is 17.7. The lowest BCUT2D eigenvalue weighted by Gasteiger charge is -2.26. The van der Waals surface area contributed by atoms with Crippen molar-refractivity contribution >= 4 is 10.8 Å². The Bertz CT molecular complexity index is 843. The van der Waals surface area contributed by atoms with Gasteiger partial charge in [0.1, 0.15) is 18.0 Å². The zero-order valence-electron chi connectivity index (χ0n) is 14.7. The molecule has 0 amide bonds. The quantitative estimate of drug-likeness (QED) is 0.682. The Morgan fingerprint density at radius 3 is 2.48 bits per heavy atom. The molecule has 3 rings (SSSR count). The van der Waals surface area contributed by atoms with Gasteiger partial charge in [-0.3, -0.25) is 0 Å². The molecule has 1 unspecified atom stereocenters. The van der Waals surface area contributed by atoms with Crippen molar-refractivity contribution in [3.05, 3.63) is 77.9 Å². The molecule has 0 saturated heterocycles. The highest BCUT2D eigenvalue weighted by Gasteiger charge is 2.27. The van der Waals surface area contributed by atoms with E-state index in [1.54, 1.807) is 7.11 Å². The van der Waals surface area contributed by atoms with Gasteiger partial charge in [-0.15, -0.1) is 0 Å². The van der Waals surface area contributed by atoms with E-state index in [0.717, 1.165) is 16.9 Å². The van der Waals surface area contributed by atoms with Crippen molar-refractivity contribution in [1.29, 1.82) is 0 Å². The molecule has 3 aromatic rings. The van der Waals surface area contributed by atoms with Crippen LogP contribution < -0.4 is 4.74 Å². The molecule has 3 nitrogen and oxygen atoms in total. The van der Waals surface area contributed by atoms with Crippen LogP contribution in [0.15, 0.2) is 66.7 Å². The summed E-state index contributed by atoms with van der Waals surface area (Å²) in [7, 11) is 1.60. The molecule has 0 bridgehead atoms. The average molecular weight is 336 g/mol. The van der Waals surface area contributed by atoms with Crippen LogP contribution in [0.4, 0.5) is 0 Å². The minimum atomic E-state index is -0.989. The topological polar surface area (TPSA) is 38.7 Å². The standard InChI is InChI=1S/C22H24O3/c1-3-22(23,16-24-2)20-9-6-10-21(14-20)25-15-17-11-12-18-7-4-5-8-19(18)13-17/h4-14,23H,3,15-16H2,1-2H3. The Kier molecular flexibility index (Phi) is 5.37. The molecule has 0 radical (unpaired) electrons. The first-order valence-corrected chi connectivity index (χ1v) is 8.57. The fraction of sp³-hybridized carbons (Fsp3) is 0.273. The fourth-order valence-electron chi connectivity index (χ4n) is 3.00. The molecule has 0 aliphatic carbocycles. The number of ether oxygens (including phenoxy) is 2. The molecule has 0 spiro atoms. The number of fused-ring (bicyclic) bond motifs is 1. The first-order chi connectivity index (χ1) is 12.1. The Morgan fingerprint density at radius 1 is 0.920 bits per heavy atom. The van der Waals surface area contributed by atoms with Gasteiger partial charge in [-0.25, -0.2) is 0 Å². The minimum Gasteiger partial charge on any atom is -0.489 e. The van der Waals surface area contributed by atoms with E-state index in [0.29, 0.717) is 13.0 Å². The summed E-state index contributed by atoms with van der Waals surface area (Å²) in [5, 5.41) is 13.2. The van der Waals surface area contributed by atoms with E-state index in [4.69, 9.17) is 9.47 Å². The van der Waals surface area contributed by atoms with Crippen molar-refractivity contribution in [2.45, 2.75) is 25.6 Å². The molecule has 0 aliphatic rings. The smallest absolute Gasteiger partial charge is 0.120 e. The lowest BCUT2D eigenvalue weighted by molar-refractivity contribution is -0.0387. The predicted molar refractivity (Wildman–Crippen MR) is 101 cm³/mol. The van der Waals surface area contributed by atoms with Crippen LogP contribution in [0.1, 0.15) is 24.5 Å². The number of hydrogen-bond acceptors (Lipinski definition) is 3. The molecule has 3 heteroatoms. The molecule has 0 heterocycles. The van der Waals surface area contributed by atoms with Crippen LogP contribution in [0.3, 0.4) is 0 Å². The Hall–Kier alpha value is -2.36. The van der Waals surface area contributed by atoms with Crippen molar-refractivity contribution in [3.63, 3.8) is 0 Å². The maximum atomic E-state index is 10.7. The summed E-state index contributed by atoms with van der Waals surface area (Å²) in [5.74, 6) is 0.744.